The van der Waals surface area contributed by atoms with E-state index in [9.17, 15) is 19.1 Å². The molecular formula is C31H27Cl3F2N4O6. The van der Waals surface area contributed by atoms with E-state index in [4.69, 9.17) is 49.2 Å². The van der Waals surface area contributed by atoms with Crippen LogP contribution >= 0.6 is 34.8 Å². The van der Waals surface area contributed by atoms with Gasteiger partial charge in [-0.15, -0.1) is 0 Å². The van der Waals surface area contributed by atoms with E-state index >= 15 is 4.39 Å². The van der Waals surface area contributed by atoms with Crippen LogP contribution in [-0.4, -0.2) is 69.8 Å². The summed E-state index contributed by atoms with van der Waals surface area (Å²) in [6.07, 6.45) is 2.41. The third kappa shape index (κ3) is 6.12. The second kappa shape index (κ2) is 12.2. The summed E-state index contributed by atoms with van der Waals surface area (Å²) in [6.45, 7) is 0.967. The molecule has 242 valence electrons. The van der Waals surface area contributed by atoms with Gasteiger partial charge in [0.1, 0.15) is 47.4 Å². The summed E-state index contributed by atoms with van der Waals surface area (Å²) in [5.41, 5.74) is -1.16. The summed E-state index contributed by atoms with van der Waals surface area (Å²) in [7, 11) is 0. The molecule has 1 saturated heterocycles. The van der Waals surface area contributed by atoms with Gasteiger partial charge in [0.15, 0.2) is 6.17 Å². The average molecular weight is 696 g/mol. The number of likely N-dealkylation sites (tertiary alicyclic amines) is 1. The van der Waals surface area contributed by atoms with Crippen LogP contribution in [0.1, 0.15) is 42.6 Å². The highest BCUT2D eigenvalue weighted by atomic mass is 35.5. The highest BCUT2D eigenvalue weighted by molar-refractivity contribution is 6.39. The van der Waals surface area contributed by atoms with Crippen LogP contribution < -0.4 is 10.1 Å². The number of halogens is 5. The van der Waals surface area contributed by atoms with Crippen molar-refractivity contribution >= 4 is 52.9 Å². The predicted octanol–water partition coefficient (Wildman–Crippen LogP) is 5.67. The van der Waals surface area contributed by atoms with Gasteiger partial charge in [0.25, 0.3) is 5.91 Å². The number of β-amino-alcohol motifs (C(OH)–C–C–N with tert-alkyl or cyclic N) is 1. The minimum Gasteiger partial charge on any atom is -0.489 e. The largest absolute Gasteiger partial charge is 0.489 e. The van der Waals surface area contributed by atoms with Crippen LogP contribution in [0, 0.1) is 5.82 Å². The van der Waals surface area contributed by atoms with Crippen LogP contribution in [0.15, 0.2) is 51.5 Å². The first-order valence-electron chi connectivity index (χ1n) is 14.2. The summed E-state index contributed by atoms with van der Waals surface area (Å²) in [4.78, 5) is 28.7. The average Bonchev–Trinajstić information content (AvgIpc) is 3.74. The Morgan fingerprint density at radius 1 is 1.15 bits per heavy atom. The molecule has 0 bridgehead atoms. The zero-order chi connectivity index (χ0) is 33.0. The summed E-state index contributed by atoms with van der Waals surface area (Å²) in [5, 5.41) is 26.9. The quantitative estimate of drug-likeness (QED) is 0.247. The number of nitrogens with one attached hydrogen (secondary N) is 1. The lowest BCUT2D eigenvalue weighted by atomic mass is 9.82. The third-order valence-electron chi connectivity index (χ3n) is 8.36. The number of aliphatic hydroxyl groups is 1. The molecule has 1 amide bonds. The third-order valence-corrected chi connectivity index (χ3v) is 9.27. The number of aromatic nitrogens is 1. The van der Waals surface area contributed by atoms with E-state index in [1.807, 2.05) is 0 Å². The number of benzene rings is 2. The number of aliphatic carboxylic acids is 1. The molecule has 1 saturated carbocycles. The van der Waals surface area contributed by atoms with E-state index in [1.54, 1.807) is 23.1 Å². The normalized spacial score (nSPS) is 22.2. The number of ether oxygens (including phenoxy) is 1. The Morgan fingerprint density at radius 2 is 1.85 bits per heavy atom. The molecule has 15 heteroatoms. The number of nitrogens with zero attached hydrogens (tertiary/aromatic N) is 3. The van der Waals surface area contributed by atoms with Gasteiger partial charge in [-0.25, -0.2) is 8.78 Å². The predicted molar refractivity (Wildman–Crippen MR) is 166 cm³/mol. The molecule has 2 unspecified atom stereocenters. The fourth-order valence-electron chi connectivity index (χ4n) is 5.57. The van der Waals surface area contributed by atoms with E-state index < -0.39 is 41.7 Å². The lowest BCUT2D eigenvalue weighted by Gasteiger charge is -2.54. The van der Waals surface area contributed by atoms with Crippen molar-refractivity contribution in [3.8, 4) is 17.0 Å². The monoisotopic (exact) mass is 694 g/mol. The Balaban J connectivity index is 1.14. The fraction of sp³-hybridized carbons (Fsp3) is 0.355. The van der Waals surface area contributed by atoms with Crippen LogP contribution in [0.5, 0.6) is 5.75 Å². The van der Waals surface area contributed by atoms with E-state index in [2.05, 4.69) is 15.5 Å². The molecule has 1 aromatic heterocycles. The van der Waals surface area contributed by atoms with Crippen molar-refractivity contribution < 1.29 is 37.8 Å². The topological polar surface area (TPSA) is 137 Å². The number of rotatable bonds is 10. The van der Waals surface area contributed by atoms with Gasteiger partial charge < -0.3 is 24.8 Å². The second-order valence-electron chi connectivity index (χ2n) is 11.7. The number of hydrogen-bond acceptors (Lipinski definition) is 8. The first kappa shape index (κ1) is 32.4. The fourth-order valence-corrected chi connectivity index (χ4v) is 6.55. The van der Waals surface area contributed by atoms with E-state index in [0.29, 0.717) is 33.9 Å². The number of carbonyl (C=O) groups excluding carboxylic acids is 1. The lowest BCUT2D eigenvalue weighted by molar-refractivity contribution is -0.154. The highest BCUT2D eigenvalue weighted by Gasteiger charge is 2.54. The van der Waals surface area contributed by atoms with Gasteiger partial charge in [0.2, 0.25) is 0 Å². The van der Waals surface area contributed by atoms with E-state index in [0.717, 1.165) is 31.1 Å². The van der Waals surface area contributed by atoms with Crippen molar-refractivity contribution in [1.29, 1.82) is 0 Å². The lowest BCUT2D eigenvalue weighted by Crippen LogP contribution is -2.68. The first-order valence-corrected chi connectivity index (χ1v) is 15.4. The van der Waals surface area contributed by atoms with Crippen LogP contribution in [0.2, 0.25) is 15.1 Å². The van der Waals surface area contributed by atoms with Gasteiger partial charge in [0, 0.05) is 36.3 Å². The Hall–Kier alpha value is -3.55. The number of hydrogen-bond donors (Lipinski definition) is 3. The van der Waals surface area contributed by atoms with Crippen LogP contribution in [0.25, 0.3) is 11.3 Å². The molecule has 3 aliphatic rings. The Morgan fingerprint density at radius 3 is 2.46 bits per heavy atom. The molecule has 2 atom stereocenters. The Kier molecular flexibility index (Phi) is 8.62. The standard InChI is InChI=1S/C31H27Cl3F2N4O6/c1-30(24(36)6-16(10-38-30)29(43)37-11-25(41)42)40-13-31(44,14-40)20-5-4-18(9-21(20)32)45-12-19-27(39-46-28(19)15-2-3-15)26-22(33)7-17(35)8-23(26)34/h4-10,15,24,44H,2-3,11-14H2,1H3,(H,37,43)(H,41,42). The van der Waals surface area contributed by atoms with Crippen LogP contribution in [-0.2, 0) is 21.8 Å². The van der Waals surface area contributed by atoms with Crippen molar-refractivity contribution in [2.75, 3.05) is 19.6 Å². The Bertz CT molecular complexity index is 1770. The van der Waals surface area contributed by atoms with Crippen molar-refractivity contribution in [3.05, 3.63) is 79.8 Å². The van der Waals surface area contributed by atoms with Gasteiger partial charge in [-0.1, -0.05) is 46.0 Å². The van der Waals surface area contributed by atoms with Gasteiger partial charge >= 0.3 is 5.97 Å². The Labute approximate surface area is 276 Å². The molecule has 3 aromatic rings. The molecular weight excluding hydrogens is 669 g/mol. The van der Waals surface area contributed by atoms with Gasteiger partial charge in [-0.3, -0.25) is 19.5 Å². The first-order chi connectivity index (χ1) is 21.8. The number of carboxylic acids is 1. The minimum atomic E-state index is -1.71. The van der Waals surface area contributed by atoms with Crippen molar-refractivity contribution in [1.82, 2.24) is 15.4 Å². The summed E-state index contributed by atoms with van der Waals surface area (Å²) >= 11 is 19.3. The molecule has 0 radical (unpaired) electrons. The van der Waals surface area contributed by atoms with Gasteiger partial charge in [-0.05, 0) is 50.1 Å². The molecule has 3 N–H and O–H groups in total. The zero-order valence-electron chi connectivity index (χ0n) is 24.2. The van der Waals surface area contributed by atoms with Crippen LogP contribution in [0.3, 0.4) is 0 Å². The van der Waals surface area contributed by atoms with Crippen molar-refractivity contribution in [2.24, 2.45) is 4.99 Å². The summed E-state index contributed by atoms with van der Waals surface area (Å²) in [5.74, 6) is -1.35. The number of aliphatic imine (C=N–C) groups is 1. The second-order valence-corrected chi connectivity index (χ2v) is 12.9. The van der Waals surface area contributed by atoms with E-state index in [1.165, 1.54) is 13.1 Å². The molecule has 6 rings (SSSR count). The molecule has 1 aliphatic carbocycles. The molecule has 2 aliphatic heterocycles. The summed E-state index contributed by atoms with van der Waals surface area (Å²) < 4.78 is 40.8. The van der Waals surface area contributed by atoms with Gasteiger partial charge in [0.05, 0.1) is 26.2 Å². The van der Waals surface area contributed by atoms with Crippen molar-refractivity contribution in [2.45, 2.75) is 49.7 Å². The number of amides is 1. The summed E-state index contributed by atoms with van der Waals surface area (Å²) in [6, 6.07) is 7.13. The van der Waals surface area contributed by atoms with Crippen LogP contribution in [0.4, 0.5) is 8.78 Å². The number of dihydropyridines is 1. The van der Waals surface area contributed by atoms with Gasteiger partial charge in [-0.2, -0.15) is 0 Å². The number of carboxylic acid groups (broad SMARTS) is 1. The maximum absolute atomic E-state index is 15.3. The SMILES string of the molecule is CC1(N2CC(O)(c3ccc(OCc4c(-c5c(Cl)cc(F)cc5Cl)noc4C4CC4)cc3Cl)C2)N=CC(C(=O)NCC(=O)O)=CC1F. The molecule has 3 heterocycles. The zero-order valence-corrected chi connectivity index (χ0v) is 26.5. The molecule has 46 heavy (non-hydrogen) atoms. The highest BCUT2D eigenvalue weighted by Crippen LogP contribution is 2.47. The maximum Gasteiger partial charge on any atom is 0.322 e. The number of carbonyl (C=O) groups is 2. The molecule has 2 fully saturated rings. The minimum absolute atomic E-state index is 0.00353. The molecule has 0 spiro atoms. The van der Waals surface area contributed by atoms with Crippen molar-refractivity contribution in [3.63, 3.8) is 0 Å². The van der Waals surface area contributed by atoms with E-state index in [-0.39, 0.29) is 46.3 Å². The smallest absolute Gasteiger partial charge is 0.322 e. The number of alkyl halides is 1. The molecule has 10 nitrogen and oxygen atoms in total. The maximum atomic E-state index is 15.3. The molecule has 2 aromatic carbocycles.